The van der Waals surface area contributed by atoms with Gasteiger partial charge in [-0.25, -0.2) is 15.0 Å². The van der Waals surface area contributed by atoms with Crippen molar-refractivity contribution >= 4 is 28.0 Å². The van der Waals surface area contributed by atoms with E-state index in [0.717, 1.165) is 84.4 Å². The number of benzene rings is 3. The van der Waals surface area contributed by atoms with Crippen molar-refractivity contribution in [2.45, 2.75) is 52.3 Å². The fraction of sp³-hybridized carbons (Fsp3) is 0.286. The molecule has 1 N–H and O–H groups in total. The fourth-order valence-electron chi connectivity index (χ4n) is 5.81. The zero-order chi connectivity index (χ0) is 30.8. The summed E-state index contributed by atoms with van der Waals surface area (Å²) in [6.07, 6.45) is 1.44. The van der Waals surface area contributed by atoms with Crippen molar-refractivity contribution in [3.05, 3.63) is 119 Å². The van der Waals surface area contributed by atoms with Gasteiger partial charge in [-0.1, -0.05) is 54.6 Å². The molecule has 6 rings (SSSR count). The summed E-state index contributed by atoms with van der Waals surface area (Å²) in [5.74, 6) is 1.75. The van der Waals surface area contributed by atoms with Gasteiger partial charge in [-0.3, -0.25) is 4.90 Å². The fourth-order valence-corrected chi connectivity index (χ4v) is 5.81. The summed E-state index contributed by atoms with van der Waals surface area (Å²) < 4.78 is 39.4. The summed E-state index contributed by atoms with van der Waals surface area (Å²) in [5.41, 5.74) is 6.55. The summed E-state index contributed by atoms with van der Waals surface area (Å²) in [7, 11) is 0. The molecule has 9 heteroatoms. The largest absolute Gasteiger partial charge is 0.416 e. The SMILES string of the molecule is CC=C1N=C(c2ccc(CN3CCC(c4nc5ccc(C(F)(F)F)cc5[nH]4)CC3)cc2)C(c2ccccc2)=CN1N=C(C)C. The predicted octanol–water partition coefficient (Wildman–Crippen LogP) is 8.36. The molecule has 1 aromatic heterocycles. The first kappa shape index (κ1) is 29.6. The van der Waals surface area contributed by atoms with Crippen LogP contribution < -0.4 is 0 Å². The Labute approximate surface area is 255 Å². The molecule has 6 nitrogen and oxygen atoms in total. The number of halogens is 3. The number of hydrazone groups is 1. The second-order valence-corrected chi connectivity index (χ2v) is 11.5. The average molecular weight is 597 g/mol. The maximum atomic E-state index is 13.1. The number of hydrogen-bond donors (Lipinski definition) is 1. The van der Waals surface area contributed by atoms with Crippen LogP contribution in [-0.2, 0) is 12.7 Å². The van der Waals surface area contributed by atoms with E-state index in [4.69, 9.17) is 4.99 Å². The number of aliphatic imine (C=N–C) groups is 1. The van der Waals surface area contributed by atoms with E-state index in [2.05, 4.69) is 62.6 Å². The van der Waals surface area contributed by atoms with Crippen molar-refractivity contribution in [2.75, 3.05) is 13.1 Å². The van der Waals surface area contributed by atoms with E-state index in [9.17, 15) is 13.2 Å². The van der Waals surface area contributed by atoms with Crippen LogP contribution in [0.4, 0.5) is 13.2 Å². The van der Waals surface area contributed by atoms with Crippen molar-refractivity contribution in [2.24, 2.45) is 10.1 Å². The lowest BCUT2D eigenvalue weighted by Gasteiger charge is -2.31. The van der Waals surface area contributed by atoms with Gasteiger partial charge in [0.2, 0.25) is 0 Å². The maximum Gasteiger partial charge on any atom is 0.416 e. The number of H-pyrrole nitrogens is 1. The van der Waals surface area contributed by atoms with Crippen LogP contribution in [0.3, 0.4) is 0 Å². The van der Waals surface area contributed by atoms with Crippen molar-refractivity contribution in [1.82, 2.24) is 19.9 Å². The Morgan fingerprint density at radius 2 is 1.70 bits per heavy atom. The van der Waals surface area contributed by atoms with Crippen LogP contribution in [0.1, 0.15) is 67.6 Å². The molecule has 2 aliphatic heterocycles. The zero-order valence-corrected chi connectivity index (χ0v) is 25.1. The molecule has 226 valence electrons. The molecule has 0 spiro atoms. The van der Waals surface area contributed by atoms with Gasteiger partial charge in [-0.15, -0.1) is 0 Å². The van der Waals surface area contributed by atoms with Gasteiger partial charge in [0.1, 0.15) is 11.6 Å². The van der Waals surface area contributed by atoms with Gasteiger partial charge in [0.05, 0.1) is 22.3 Å². The molecule has 2 aliphatic rings. The van der Waals surface area contributed by atoms with Gasteiger partial charge in [0.25, 0.3) is 0 Å². The maximum absolute atomic E-state index is 13.1. The Morgan fingerprint density at radius 3 is 2.36 bits per heavy atom. The Kier molecular flexibility index (Phi) is 8.23. The minimum absolute atomic E-state index is 0.198. The second-order valence-electron chi connectivity index (χ2n) is 11.5. The topological polar surface area (TPSA) is 59.9 Å². The Balaban J connectivity index is 1.14. The van der Waals surface area contributed by atoms with Gasteiger partial charge in [-0.2, -0.15) is 18.3 Å². The number of piperidine rings is 1. The molecule has 4 aromatic rings. The van der Waals surface area contributed by atoms with Gasteiger partial charge in [0.15, 0.2) is 0 Å². The van der Waals surface area contributed by atoms with E-state index < -0.39 is 11.7 Å². The van der Waals surface area contributed by atoms with Crippen molar-refractivity contribution in [1.29, 1.82) is 0 Å². The van der Waals surface area contributed by atoms with Crippen LogP contribution in [0, 0.1) is 0 Å². The van der Waals surface area contributed by atoms with Crippen LogP contribution >= 0.6 is 0 Å². The molecule has 3 heterocycles. The number of nitrogens with one attached hydrogen (secondary N) is 1. The summed E-state index contributed by atoms with van der Waals surface area (Å²) >= 11 is 0. The standard InChI is InChI=1S/C35H35F3N6/c1-4-32-41-33(29(22-44(32)42-23(2)3)25-8-6-5-7-9-25)26-12-10-24(11-13-26)21-43-18-16-27(17-19-43)34-39-30-15-14-28(35(36,37)38)20-31(30)40-34/h4-15,20,22,27H,16-19,21H2,1-3H3,(H,39,40). The van der Waals surface area contributed by atoms with Gasteiger partial charge < -0.3 is 4.98 Å². The highest BCUT2D eigenvalue weighted by molar-refractivity contribution is 6.32. The molecule has 44 heavy (non-hydrogen) atoms. The lowest BCUT2D eigenvalue weighted by atomic mass is 9.94. The smallest absolute Gasteiger partial charge is 0.342 e. The van der Waals surface area contributed by atoms with E-state index in [-0.39, 0.29) is 5.92 Å². The van der Waals surface area contributed by atoms with E-state index >= 15 is 0 Å². The minimum Gasteiger partial charge on any atom is -0.342 e. The highest BCUT2D eigenvalue weighted by Crippen LogP contribution is 2.33. The number of nitrogens with zero attached hydrogens (tertiary/aromatic N) is 5. The highest BCUT2D eigenvalue weighted by atomic mass is 19.4. The minimum atomic E-state index is -4.37. The molecule has 1 saturated heterocycles. The third-order valence-corrected chi connectivity index (χ3v) is 8.05. The number of likely N-dealkylation sites (tertiary alicyclic amines) is 1. The number of aromatic nitrogens is 2. The van der Waals surface area contributed by atoms with Crippen molar-refractivity contribution in [3.63, 3.8) is 0 Å². The number of allylic oxidation sites excluding steroid dienone is 2. The number of hydrogen-bond acceptors (Lipinski definition) is 5. The molecule has 0 atom stereocenters. The zero-order valence-electron chi connectivity index (χ0n) is 25.1. The first-order valence-electron chi connectivity index (χ1n) is 14.9. The van der Waals surface area contributed by atoms with Gasteiger partial charge in [0, 0.05) is 35.5 Å². The normalized spacial score (nSPS) is 17.6. The molecule has 0 bridgehead atoms. The summed E-state index contributed by atoms with van der Waals surface area (Å²) in [6.45, 7) is 8.52. The summed E-state index contributed by atoms with van der Waals surface area (Å²) in [6, 6.07) is 22.5. The van der Waals surface area contributed by atoms with Crippen molar-refractivity contribution in [3.8, 4) is 0 Å². The first-order chi connectivity index (χ1) is 21.2. The number of fused-ring (bicyclic) bond motifs is 1. The third kappa shape index (κ3) is 6.38. The quantitative estimate of drug-likeness (QED) is 0.228. The lowest BCUT2D eigenvalue weighted by Crippen LogP contribution is -2.32. The average Bonchev–Trinajstić information content (AvgIpc) is 3.45. The van der Waals surface area contributed by atoms with Crippen LogP contribution in [-0.4, -0.2) is 44.4 Å². The molecule has 0 radical (unpaired) electrons. The highest BCUT2D eigenvalue weighted by Gasteiger charge is 2.31. The van der Waals surface area contributed by atoms with E-state index in [1.165, 1.54) is 11.6 Å². The van der Waals surface area contributed by atoms with Gasteiger partial charge in [-0.05, 0) is 82.1 Å². The molecule has 0 amide bonds. The number of aromatic amines is 1. The number of alkyl halides is 3. The summed E-state index contributed by atoms with van der Waals surface area (Å²) in [4.78, 5) is 15.2. The predicted molar refractivity (Wildman–Crippen MR) is 170 cm³/mol. The van der Waals surface area contributed by atoms with E-state index in [0.29, 0.717) is 11.0 Å². The number of rotatable bonds is 6. The first-order valence-corrected chi connectivity index (χ1v) is 14.9. The molecule has 0 aliphatic carbocycles. The van der Waals surface area contributed by atoms with Crippen LogP contribution in [0.2, 0.25) is 0 Å². The number of imidazole rings is 1. The van der Waals surface area contributed by atoms with Crippen LogP contribution in [0.15, 0.2) is 101 Å². The molecular weight excluding hydrogens is 561 g/mol. The molecular formula is C35H35F3N6. The van der Waals surface area contributed by atoms with Crippen LogP contribution in [0.25, 0.3) is 16.6 Å². The molecule has 3 aromatic carbocycles. The van der Waals surface area contributed by atoms with E-state index in [1.54, 1.807) is 0 Å². The van der Waals surface area contributed by atoms with Gasteiger partial charge >= 0.3 is 6.18 Å². The Morgan fingerprint density at radius 1 is 0.977 bits per heavy atom. The monoisotopic (exact) mass is 596 g/mol. The van der Waals surface area contributed by atoms with E-state index in [1.807, 2.05) is 50.1 Å². The second kappa shape index (κ2) is 12.2. The Bertz CT molecular complexity index is 1750. The van der Waals surface area contributed by atoms with Crippen LogP contribution in [0.5, 0.6) is 0 Å². The van der Waals surface area contributed by atoms with Crippen molar-refractivity contribution < 1.29 is 13.2 Å². The molecule has 0 unspecified atom stereocenters. The third-order valence-electron chi connectivity index (χ3n) is 8.05. The summed E-state index contributed by atoms with van der Waals surface area (Å²) in [5, 5.41) is 6.50. The lowest BCUT2D eigenvalue weighted by molar-refractivity contribution is -0.137. The Hall–Kier alpha value is -4.50. The molecule has 0 saturated carbocycles. The molecule has 1 fully saturated rings.